The summed E-state index contributed by atoms with van der Waals surface area (Å²) in [6, 6.07) is 5.40. The number of aliphatic carboxylic acids is 1. The smallest absolute Gasteiger partial charge is 0.408 e. The van der Waals surface area contributed by atoms with Gasteiger partial charge in [-0.05, 0) is 56.9 Å². The van der Waals surface area contributed by atoms with E-state index in [1.165, 1.54) is 0 Å². The standard InChI is InChI=1S/C15H18BrNO4/c1-14(2,3)21-13(20)17-15(12(18)19)7-6-9-8-10(16)4-5-11(9)15/h4-5,8H,6-7H2,1-3H3,(H,17,20)(H,18,19)/t15-/m1/s1. The Bertz CT molecular complexity index is 594. The minimum absolute atomic E-state index is 0.313. The van der Waals surface area contributed by atoms with Crippen molar-refractivity contribution in [3.8, 4) is 0 Å². The average Bonchev–Trinajstić information content (AvgIpc) is 2.66. The van der Waals surface area contributed by atoms with E-state index in [1.54, 1.807) is 32.9 Å². The van der Waals surface area contributed by atoms with Gasteiger partial charge in [-0.25, -0.2) is 9.59 Å². The van der Waals surface area contributed by atoms with Crippen molar-refractivity contribution in [3.05, 3.63) is 33.8 Å². The van der Waals surface area contributed by atoms with Crippen LogP contribution in [0.3, 0.4) is 0 Å². The van der Waals surface area contributed by atoms with Crippen LogP contribution in [-0.2, 0) is 21.5 Å². The average molecular weight is 356 g/mol. The number of rotatable bonds is 2. The number of carbonyl (C=O) groups is 2. The molecule has 0 saturated heterocycles. The van der Waals surface area contributed by atoms with E-state index in [1.807, 2.05) is 6.07 Å². The lowest BCUT2D eigenvalue weighted by Crippen LogP contribution is -2.51. The van der Waals surface area contributed by atoms with Gasteiger partial charge in [0.2, 0.25) is 0 Å². The molecule has 2 rings (SSSR count). The Labute approximate surface area is 131 Å². The Kier molecular flexibility index (Phi) is 4.02. The number of amides is 1. The number of carboxylic acid groups (broad SMARTS) is 1. The molecule has 1 aromatic carbocycles. The molecule has 1 amide bonds. The lowest BCUT2D eigenvalue weighted by atomic mass is 9.92. The van der Waals surface area contributed by atoms with Gasteiger partial charge in [0.15, 0.2) is 5.54 Å². The second kappa shape index (κ2) is 5.33. The first-order valence-corrected chi connectivity index (χ1v) is 7.47. The van der Waals surface area contributed by atoms with Crippen LogP contribution in [0.1, 0.15) is 38.3 Å². The Balaban J connectivity index is 2.33. The molecule has 1 aliphatic carbocycles. The summed E-state index contributed by atoms with van der Waals surface area (Å²) in [6.07, 6.45) is 0.185. The number of benzene rings is 1. The number of hydrogen-bond donors (Lipinski definition) is 2. The SMILES string of the molecule is CC(C)(C)OC(=O)N[C@]1(C(=O)O)CCc2cc(Br)ccc21. The number of carboxylic acids is 1. The molecule has 0 aromatic heterocycles. The largest absolute Gasteiger partial charge is 0.479 e. The topological polar surface area (TPSA) is 75.6 Å². The summed E-state index contributed by atoms with van der Waals surface area (Å²) in [5.74, 6) is -1.07. The molecule has 21 heavy (non-hydrogen) atoms. The van der Waals surface area contributed by atoms with Crippen molar-refractivity contribution in [1.82, 2.24) is 5.32 Å². The van der Waals surface area contributed by atoms with E-state index in [4.69, 9.17) is 4.74 Å². The van der Waals surface area contributed by atoms with Gasteiger partial charge >= 0.3 is 12.1 Å². The summed E-state index contributed by atoms with van der Waals surface area (Å²) < 4.78 is 6.08. The molecule has 0 saturated carbocycles. The minimum atomic E-state index is -1.42. The molecule has 2 N–H and O–H groups in total. The summed E-state index contributed by atoms with van der Waals surface area (Å²) in [4.78, 5) is 23.8. The maximum absolute atomic E-state index is 12.0. The van der Waals surface area contributed by atoms with Gasteiger partial charge in [-0.3, -0.25) is 0 Å². The Morgan fingerprint density at radius 2 is 2.05 bits per heavy atom. The first-order valence-electron chi connectivity index (χ1n) is 6.67. The molecule has 0 heterocycles. The molecule has 5 nitrogen and oxygen atoms in total. The van der Waals surface area contributed by atoms with Gasteiger partial charge in [0.1, 0.15) is 5.60 Å². The number of ether oxygens (including phenoxy) is 1. The third kappa shape index (κ3) is 3.20. The van der Waals surface area contributed by atoms with Crippen LogP contribution >= 0.6 is 15.9 Å². The lowest BCUT2D eigenvalue weighted by Gasteiger charge is -2.29. The normalized spacial score (nSPS) is 20.8. The number of fused-ring (bicyclic) bond motifs is 1. The second-order valence-corrected chi connectivity index (χ2v) is 7.05. The molecule has 0 radical (unpaired) electrons. The first-order chi connectivity index (χ1) is 9.64. The quantitative estimate of drug-likeness (QED) is 0.853. The molecule has 1 aliphatic rings. The van der Waals surface area contributed by atoms with Gasteiger partial charge in [0.05, 0.1) is 0 Å². The van der Waals surface area contributed by atoms with Crippen LogP contribution in [0, 0.1) is 0 Å². The molecule has 0 fully saturated rings. The predicted molar refractivity (Wildman–Crippen MR) is 81.1 cm³/mol. The van der Waals surface area contributed by atoms with E-state index in [0.717, 1.165) is 10.0 Å². The van der Waals surface area contributed by atoms with E-state index >= 15 is 0 Å². The summed E-state index contributed by atoms with van der Waals surface area (Å²) in [5, 5.41) is 12.2. The molecular weight excluding hydrogens is 338 g/mol. The van der Waals surface area contributed by atoms with Gasteiger partial charge in [0, 0.05) is 4.47 Å². The van der Waals surface area contributed by atoms with Gasteiger partial charge < -0.3 is 15.2 Å². The van der Waals surface area contributed by atoms with Crippen molar-refractivity contribution in [2.75, 3.05) is 0 Å². The Hall–Kier alpha value is -1.56. The fourth-order valence-electron chi connectivity index (χ4n) is 2.53. The predicted octanol–water partition coefficient (Wildman–Crippen LogP) is 3.20. The molecule has 0 unspecified atom stereocenters. The number of nitrogens with one attached hydrogen (secondary N) is 1. The number of hydrogen-bond acceptors (Lipinski definition) is 3. The first kappa shape index (κ1) is 15.8. The van der Waals surface area contributed by atoms with Crippen molar-refractivity contribution in [1.29, 1.82) is 0 Å². The zero-order chi connectivity index (χ0) is 15.8. The molecule has 1 aromatic rings. The fraction of sp³-hybridized carbons (Fsp3) is 0.467. The number of alkyl carbamates (subject to hydrolysis) is 1. The lowest BCUT2D eigenvalue weighted by molar-refractivity contribution is -0.145. The monoisotopic (exact) mass is 355 g/mol. The summed E-state index contributed by atoms with van der Waals surface area (Å²) in [5.41, 5.74) is -0.560. The summed E-state index contributed by atoms with van der Waals surface area (Å²) in [7, 11) is 0. The van der Waals surface area contributed by atoms with Crippen LogP contribution < -0.4 is 5.32 Å². The third-order valence-corrected chi connectivity index (χ3v) is 3.87. The van der Waals surface area contributed by atoms with Crippen LogP contribution in [0.4, 0.5) is 4.79 Å². The van der Waals surface area contributed by atoms with Crippen LogP contribution in [0.5, 0.6) is 0 Å². The van der Waals surface area contributed by atoms with E-state index in [-0.39, 0.29) is 0 Å². The summed E-state index contributed by atoms with van der Waals surface area (Å²) in [6.45, 7) is 5.21. The van der Waals surface area contributed by atoms with E-state index in [9.17, 15) is 14.7 Å². The van der Waals surface area contributed by atoms with Crippen molar-refractivity contribution in [2.24, 2.45) is 0 Å². The number of carbonyl (C=O) groups excluding carboxylic acids is 1. The zero-order valence-corrected chi connectivity index (χ0v) is 13.8. The molecule has 1 atom stereocenters. The highest BCUT2D eigenvalue weighted by Crippen LogP contribution is 2.38. The van der Waals surface area contributed by atoms with Crippen LogP contribution in [0.25, 0.3) is 0 Å². The van der Waals surface area contributed by atoms with Crippen molar-refractivity contribution in [2.45, 2.75) is 44.8 Å². The maximum atomic E-state index is 12.0. The van der Waals surface area contributed by atoms with Gasteiger partial charge in [0.25, 0.3) is 0 Å². The molecular formula is C15H18BrNO4. The zero-order valence-electron chi connectivity index (χ0n) is 12.2. The van der Waals surface area contributed by atoms with Gasteiger partial charge in [-0.1, -0.05) is 22.0 Å². The third-order valence-electron chi connectivity index (χ3n) is 3.38. The van der Waals surface area contributed by atoms with Crippen LogP contribution in [0.2, 0.25) is 0 Å². The minimum Gasteiger partial charge on any atom is -0.479 e. The molecule has 6 heteroatoms. The van der Waals surface area contributed by atoms with Crippen molar-refractivity contribution >= 4 is 28.0 Å². The van der Waals surface area contributed by atoms with Crippen molar-refractivity contribution in [3.63, 3.8) is 0 Å². The van der Waals surface area contributed by atoms with E-state index < -0.39 is 23.2 Å². The summed E-state index contributed by atoms with van der Waals surface area (Å²) >= 11 is 3.37. The second-order valence-electron chi connectivity index (χ2n) is 6.14. The Morgan fingerprint density at radius 1 is 1.38 bits per heavy atom. The highest BCUT2D eigenvalue weighted by atomic mass is 79.9. The molecule has 114 valence electrons. The molecule has 0 bridgehead atoms. The van der Waals surface area contributed by atoms with E-state index in [2.05, 4.69) is 21.2 Å². The molecule has 0 aliphatic heterocycles. The van der Waals surface area contributed by atoms with Gasteiger partial charge in [-0.15, -0.1) is 0 Å². The van der Waals surface area contributed by atoms with Crippen LogP contribution in [0.15, 0.2) is 22.7 Å². The van der Waals surface area contributed by atoms with E-state index in [0.29, 0.717) is 18.4 Å². The van der Waals surface area contributed by atoms with Crippen LogP contribution in [-0.4, -0.2) is 22.8 Å². The number of halogens is 1. The van der Waals surface area contributed by atoms with Crippen molar-refractivity contribution < 1.29 is 19.4 Å². The highest BCUT2D eigenvalue weighted by Gasteiger charge is 2.47. The maximum Gasteiger partial charge on any atom is 0.408 e. The Morgan fingerprint density at radius 3 is 2.62 bits per heavy atom. The number of aryl methyl sites for hydroxylation is 1. The molecule has 0 spiro atoms. The van der Waals surface area contributed by atoms with Gasteiger partial charge in [-0.2, -0.15) is 0 Å². The fourth-order valence-corrected chi connectivity index (χ4v) is 2.93. The highest BCUT2D eigenvalue weighted by molar-refractivity contribution is 9.10.